The monoisotopic (exact) mass is 383 g/mol. The number of fused-ring (bicyclic) bond motifs is 3. The van der Waals surface area contributed by atoms with Crippen molar-refractivity contribution in [3.8, 4) is 11.5 Å². The van der Waals surface area contributed by atoms with Crippen molar-refractivity contribution < 1.29 is 19.0 Å². The SMILES string of the molecule is C=C1CCC[C@]2(C)C[C@H]3OC(=O)C(CNCc4ccc5c(c4)OCO5)[C@H]3CC12. The molecule has 5 atom stereocenters. The minimum atomic E-state index is -0.0571. The van der Waals surface area contributed by atoms with Crippen LogP contribution in [0.25, 0.3) is 0 Å². The smallest absolute Gasteiger partial charge is 0.310 e. The number of hydrogen-bond acceptors (Lipinski definition) is 5. The summed E-state index contributed by atoms with van der Waals surface area (Å²) in [7, 11) is 0. The zero-order valence-electron chi connectivity index (χ0n) is 16.5. The van der Waals surface area contributed by atoms with Crippen LogP contribution in [0.15, 0.2) is 30.4 Å². The van der Waals surface area contributed by atoms with Crippen LogP contribution in [-0.2, 0) is 16.1 Å². The molecule has 5 heteroatoms. The second kappa shape index (κ2) is 6.80. The fourth-order valence-electron chi connectivity index (χ4n) is 5.91. The van der Waals surface area contributed by atoms with Gasteiger partial charge in [0, 0.05) is 19.0 Å². The van der Waals surface area contributed by atoms with Gasteiger partial charge in [0.2, 0.25) is 6.79 Å². The van der Waals surface area contributed by atoms with Gasteiger partial charge in [0.1, 0.15) is 6.10 Å². The fourth-order valence-corrected chi connectivity index (χ4v) is 5.91. The summed E-state index contributed by atoms with van der Waals surface area (Å²) in [6, 6.07) is 5.98. The third-order valence-corrected chi connectivity index (χ3v) is 7.45. The molecule has 2 unspecified atom stereocenters. The van der Waals surface area contributed by atoms with Crippen molar-refractivity contribution in [3.05, 3.63) is 35.9 Å². The number of esters is 1. The highest BCUT2D eigenvalue weighted by molar-refractivity contribution is 5.75. The molecule has 5 rings (SSSR count). The van der Waals surface area contributed by atoms with Crippen molar-refractivity contribution in [1.82, 2.24) is 5.32 Å². The van der Waals surface area contributed by atoms with Gasteiger partial charge >= 0.3 is 5.97 Å². The Balaban J connectivity index is 1.23. The lowest BCUT2D eigenvalue weighted by Crippen LogP contribution is -2.45. The van der Waals surface area contributed by atoms with E-state index in [1.54, 1.807) is 0 Å². The van der Waals surface area contributed by atoms with Crippen LogP contribution < -0.4 is 14.8 Å². The summed E-state index contributed by atoms with van der Waals surface area (Å²) in [4.78, 5) is 12.6. The van der Waals surface area contributed by atoms with Crippen LogP contribution in [-0.4, -0.2) is 25.4 Å². The number of rotatable bonds is 4. The maximum Gasteiger partial charge on any atom is 0.310 e. The molecule has 2 aliphatic heterocycles. The molecule has 150 valence electrons. The van der Waals surface area contributed by atoms with Crippen LogP contribution in [0.1, 0.15) is 44.6 Å². The van der Waals surface area contributed by atoms with Gasteiger partial charge in [-0.2, -0.15) is 0 Å². The molecule has 1 aromatic carbocycles. The molecule has 5 nitrogen and oxygen atoms in total. The highest BCUT2D eigenvalue weighted by Crippen LogP contribution is 2.56. The standard InChI is InChI=1S/C23H29NO4/c1-14-4-3-7-23(2)10-21-16(9-18(14)23)17(22(25)28-21)12-24-11-15-5-6-19-20(8-15)27-13-26-19/h5-6,8,16-18,21,24H,1,3-4,7,9-13H2,2H3/t16-,17?,18?,21-,23-/m1/s1. The van der Waals surface area contributed by atoms with E-state index in [1.807, 2.05) is 18.2 Å². The number of carbonyl (C=O) groups excluding carboxylic acids is 1. The third kappa shape index (κ3) is 3.00. The minimum absolute atomic E-state index is 0.0268. The Bertz CT molecular complexity index is 806. The molecule has 2 heterocycles. The van der Waals surface area contributed by atoms with E-state index >= 15 is 0 Å². The Morgan fingerprint density at radius 3 is 3.04 bits per heavy atom. The molecular weight excluding hydrogens is 354 g/mol. The first-order valence-corrected chi connectivity index (χ1v) is 10.5. The summed E-state index contributed by atoms with van der Waals surface area (Å²) in [5.41, 5.74) is 2.77. The number of nitrogens with one attached hydrogen (secondary N) is 1. The minimum Gasteiger partial charge on any atom is -0.462 e. The van der Waals surface area contributed by atoms with Crippen LogP contribution in [0, 0.1) is 23.2 Å². The van der Waals surface area contributed by atoms with Crippen LogP contribution in [0.5, 0.6) is 11.5 Å². The second-order valence-electron chi connectivity index (χ2n) is 9.22. The first kappa shape index (κ1) is 18.0. The molecule has 2 saturated carbocycles. The molecule has 2 aliphatic carbocycles. The summed E-state index contributed by atoms with van der Waals surface area (Å²) in [6.07, 6.45) is 5.70. The van der Waals surface area contributed by atoms with Gasteiger partial charge in [-0.15, -0.1) is 0 Å². The van der Waals surface area contributed by atoms with Crippen LogP contribution in [0.4, 0.5) is 0 Å². The Morgan fingerprint density at radius 2 is 2.14 bits per heavy atom. The molecule has 0 bridgehead atoms. The van der Waals surface area contributed by atoms with Crippen molar-refractivity contribution in [2.75, 3.05) is 13.3 Å². The topological polar surface area (TPSA) is 56.8 Å². The van der Waals surface area contributed by atoms with E-state index in [4.69, 9.17) is 14.2 Å². The summed E-state index contributed by atoms with van der Waals surface area (Å²) in [6.45, 7) is 8.38. The lowest BCUT2D eigenvalue weighted by Gasteiger charge is -2.50. The van der Waals surface area contributed by atoms with E-state index in [-0.39, 0.29) is 30.2 Å². The van der Waals surface area contributed by atoms with Gasteiger partial charge in [0.25, 0.3) is 0 Å². The summed E-state index contributed by atoms with van der Waals surface area (Å²) < 4.78 is 16.7. The average Bonchev–Trinajstić information content (AvgIpc) is 3.24. The van der Waals surface area contributed by atoms with Crippen molar-refractivity contribution in [2.45, 2.75) is 51.7 Å². The van der Waals surface area contributed by atoms with E-state index in [0.717, 1.165) is 36.3 Å². The van der Waals surface area contributed by atoms with Crippen molar-refractivity contribution in [3.63, 3.8) is 0 Å². The highest BCUT2D eigenvalue weighted by atomic mass is 16.7. The molecule has 0 spiro atoms. The molecule has 0 amide bonds. The van der Waals surface area contributed by atoms with Crippen molar-refractivity contribution >= 4 is 5.97 Å². The van der Waals surface area contributed by atoms with Crippen LogP contribution in [0.2, 0.25) is 0 Å². The van der Waals surface area contributed by atoms with Gasteiger partial charge < -0.3 is 19.5 Å². The highest BCUT2D eigenvalue weighted by Gasteiger charge is 2.54. The molecule has 1 aromatic rings. The Labute approximate surface area is 166 Å². The Hall–Kier alpha value is -2.01. The van der Waals surface area contributed by atoms with Crippen molar-refractivity contribution in [2.24, 2.45) is 23.2 Å². The fraction of sp³-hybridized carbons (Fsp3) is 0.609. The lowest BCUT2D eigenvalue weighted by atomic mass is 9.55. The quantitative estimate of drug-likeness (QED) is 0.633. The molecule has 0 aromatic heterocycles. The largest absolute Gasteiger partial charge is 0.462 e. The maximum atomic E-state index is 12.6. The van der Waals surface area contributed by atoms with E-state index in [0.29, 0.717) is 24.9 Å². The first-order valence-electron chi connectivity index (χ1n) is 10.5. The van der Waals surface area contributed by atoms with E-state index in [9.17, 15) is 4.79 Å². The number of benzene rings is 1. The predicted molar refractivity (Wildman–Crippen MR) is 105 cm³/mol. The van der Waals surface area contributed by atoms with E-state index in [2.05, 4.69) is 18.8 Å². The van der Waals surface area contributed by atoms with Gasteiger partial charge in [0.05, 0.1) is 5.92 Å². The predicted octanol–water partition coefficient (Wildman–Crippen LogP) is 3.82. The summed E-state index contributed by atoms with van der Waals surface area (Å²) in [5.74, 6) is 2.35. The number of allylic oxidation sites excluding steroid dienone is 1. The van der Waals surface area contributed by atoms with Crippen LogP contribution in [0.3, 0.4) is 0 Å². The van der Waals surface area contributed by atoms with Gasteiger partial charge in [-0.3, -0.25) is 4.79 Å². The molecule has 28 heavy (non-hydrogen) atoms. The van der Waals surface area contributed by atoms with E-state index in [1.165, 1.54) is 18.4 Å². The third-order valence-electron chi connectivity index (χ3n) is 7.45. The number of ether oxygens (including phenoxy) is 3. The first-order chi connectivity index (χ1) is 13.5. The van der Waals surface area contributed by atoms with Gasteiger partial charge in [-0.25, -0.2) is 0 Å². The van der Waals surface area contributed by atoms with Gasteiger partial charge in [-0.1, -0.05) is 25.1 Å². The molecule has 1 N–H and O–H groups in total. The Morgan fingerprint density at radius 1 is 1.29 bits per heavy atom. The molecule has 4 aliphatic rings. The summed E-state index contributed by atoms with van der Waals surface area (Å²) in [5, 5.41) is 3.47. The lowest BCUT2D eigenvalue weighted by molar-refractivity contribution is -0.146. The zero-order chi connectivity index (χ0) is 19.3. The molecule has 0 radical (unpaired) electrons. The normalized spacial score (nSPS) is 36.0. The zero-order valence-corrected chi connectivity index (χ0v) is 16.5. The maximum absolute atomic E-state index is 12.6. The van der Waals surface area contributed by atoms with Crippen LogP contribution >= 0.6 is 0 Å². The average molecular weight is 383 g/mol. The summed E-state index contributed by atoms with van der Waals surface area (Å²) >= 11 is 0. The molecule has 3 fully saturated rings. The Kier molecular flexibility index (Phi) is 4.38. The van der Waals surface area contributed by atoms with Crippen molar-refractivity contribution in [1.29, 1.82) is 0 Å². The molecule has 1 saturated heterocycles. The second-order valence-corrected chi connectivity index (χ2v) is 9.22. The van der Waals surface area contributed by atoms with E-state index < -0.39 is 0 Å². The van der Waals surface area contributed by atoms with Gasteiger partial charge in [-0.05, 0) is 61.1 Å². The number of carbonyl (C=O) groups is 1. The number of hydrogen-bond donors (Lipinski definition) is 1. The van der Waals surface area contributed by atoms with Gasteiger partial charge in [0.15, 0.2) is 11.5 Å². The molecular formula is C23H29NO4.